The van der Waals surface area contributed by atoms with Crippen molar-refractivity contribution in [3.63, 3.8) is 0 Å². The van der Waals surface area contributed by atoms with E-state index in [1.165, 1.54) is 12.8 Å². The van der Waals surface area contributed by atoms with Crippen LogP contribution < -0.4 is 15.5 Å². The molecular weight excluding hydrogens is 266 g/mol. The molecule has 2 rings (SSSR count). The molecule has 1 amide bonds. The Bertz CT molecular complexity index is 483. The van der Waals surface area contributed by atoms with Gasteiger partial charge in [-0.2, -0.15) is 0 Å². The lowest BCUT2D eigenvalue weighted by Crippen LogP contribution is -2.33. The minimum absolute atomic E-state index is 0.196. The molecule has 0 atom stereocenters. The van der Waals surface area contributed by atoms with Gasteiger partial charge in [-0.25, -0.2) is 9.97 Å². The van der Waals surface area contributed by atoms with E-state index in [1.54, 1.807) is 0 Å². The maximum absolute atomic E-state index is 11.9. The zero-order valence-electron chi connectivity index (χ0n) is 13.1. The molecular formula is C15H25N5O. The summed E-state index contributed by atoms with van der Waals surface area (Å²) in [7, 11) is 3.90. The van der Waals surface area contributed by atoms with E-state index in [4.69, 9.17) is 0 Å². The number of carbonyl (C=O) groups is 1. The average Bonchev–Trinajstić information content (AvgIpc) is 2.97. The Morgan fingerprint density at radius 1 is 1.29 bits per heavy atom. The summed E-state index contributed by atoms with van der Waals surface area (Å²) in [5.74, 6) is 2.83. The molecule has 0 saturated heterocycles. The van der Waals surface area contributed by atoms with Crippen LogP contribution in [0.1, 0.15) is 31.5 Å². The first-order chi connectivity index (χ1) is 10.1. The highest BCUT2D eigenvalue weighted by atomic mass is 16.1. The van der Waals surface area contributed by atoms with Gasteiger partial charge in [0, 0.05) is 39.2 Å². The van der Waals surface area contributed by atoms with Gasteiger partial charge >= 0.3 is 0 Å². The molecule has 1 heterocycles. The summed E-state index contributed by atoms with van der Waals surface area (Å²) in [6, 6.07) is 1.91. The fourth-order valence-corrected chi connectivity index (χ4v) is 2.58. The first-order valence-corrected chi connectivity index (χ1v) is 7.61. The fraction of sp³-hybridized carbons (Fsp3) is 0.667. The molecule has 1 saturated carbocycles. The lowest BCUT2D eigenvalue weighted by atomic mass is 10.1. The van der Waals surface area contributed by atoms with E-state index >= 15 is 0 Å². The maximum atomic E-state index is 11.9. The van der Waals surface area contributed by atoms with Crippen molar-refractivity contribution in [1.29, 1.82) is 0 Å². The Labute approximate surface area is 126 Å². The van der Waals surface area contributed by atoms with Crippen LogP contribution in [-0.4, -0.2) is 43.1 Å². The first-order valence-electron chi connectivity index (χ1n) is 7.61. The van der Waals surface area contributed by atoms with Crippen molar-refractivity contribution >= 4 is 17.5 Å². The lowest BCUT2D eigenvalue weighted by molar-refractivity contribution is -0.124. The van der Waals surface area contributed by atoms with Crippen molar-refractivity contribution in [2.24, 2.45) is 5.92 Å². The molecule has 1 aliphatic carbocycles. The number of carbonyl (C=O) groups excluding carboxylic acids is 1. The van der Waals surface area contributed by atoms with Gasteiger partial charge in [0.2, 0.25) is 5.91 Å². The molecule has 0 aliphatic heterocycles. The average molecular weight is 291 g/mol. The Balaban J connectivity index is 1.76. The van der Waals surface area contributed by atoms with E-state index in [1.807, 2.05) is 32.0 Å². The molecule has 116 valence electrons. The number of amides is 1. The van der Waals surface area contributed by atoms with Gasteiger partial charge in [0.1, 0.15) is 17.5 Å². The summed E-state index contributed by atoms with van der Waals surface area (Å²) in [5.41, 5.74) is 0. The predicted molar refractivity (Wildman–Crippen MR) is 84.6 cm³/mol. The normalized spacial score (nSPS) is 15.0. The highest BCUT2D eigenvalue weighted by Gasteiger charge is 2.21. The summed E-state index contributed by atoms with van der Waals surface area (Å²) in [6.07, 6.45) is 4.45. The second kappa shape index (κ2) is 7.24. The van der Waals surface area contributed by atoms with E-state index in [0.29, 0.717) is 13.1 Å². The van der Waals surface area contributed by atoms with Crippen LogP contribution in [0.4, 0.5) is 11.6 Å². The minimum Gasteiger partial charge on any atom is -0.368 e. The van der Waals surface area contributed by atoms with Crippen molar-refractivity contribution in [2.75, 3.05) is 37.4 Å². The molecule has 6 nitrogen and oxygen atoms in total. The third-order valence-corrected chi connectivity index (χ3v) is 3.74. The Morgan fingerprint density at radius 2 is 2.00 bits per heavy atom. The SMILES string of the molecule is Cc1nc(NCCNC(=O)C2CCCC2)cc(N(C)C)n1. The number of hydrogen-bond acceptors (Lipinski definition) is 5. The van der Waals surface area contributed by atoms with Crippen molar-refractivity contribution in [1.82, 2.24) is 15.3 Å². The summed E-state index contributed by atoms with van der Waals surface area (Å²) in [5, 5.41) is 6.23. The summed E-state index contributed by atoms with van der Waals surface area (Å²) >= 11 is 0. The van der Waals surface area contributed by atoms with E-state index in [0.717, 1.165) is 30.3 Å². The van der Waals surface area contributed by atoms with Gasteiger partial charge in [0.15, 0.2) is 0 Å². The van der Waals surface area contributed by atoms with Crippen molar-refractivity contribution in [2.45, 2.75) is 32.6 Å². The van der Waals surface area contributed by atoms with Crippen LogP contribution in [0.15, 0.2) is 6.07 Å². The molecule has 0 spiro atoms. The molecule has 1 aliphatic rings. The van der Waals surface area contributed by atoms with Gasteiger partial charge in [0.05, 0.1) is 0 Å². The molecule has 1 fully saturated rings. The zero-order valence-corrected chi connectivity index (χ0v) is 13.1. The van der Waals surface area contributed by atoms with E-state index in [9.17, 15) is 4.79 Å². The predicted octanol–water partition coefficient (Wildman–Crippen LogP) is 1.57. The van der Waals surface area contributed by atoms with Crippen molar-refractivity contribution in [3.05, 3.63) is 11.9 Å². The number of nitrogens with one attached hydrogen (secondary N) is 2. The molecule has 21 heavy (non-hydrogen) atoms. The second-order valence-electron chi connectivity index (χ2n) is 5.75. The molecule has 0 aromatic carbocycles. The smallest absolute Gasteiger partial charge is 0.223 e. The number of hydrogen-bond donors (Lipinski definition) is 2. The van der Waals surface area contributed by atoms with Crippen LogP contribution in [0, 0.1) is 12.8 Å². The van der Waals surface area contributed by atoms with Gasteiger partial charge < -0.3 is 15.5 Å². The molecule has 0 bridgehead atoms. The van der Waals surface area contributed by atoms with Gasteiger partial charge in [-0.1, -0.05) is 12.8 Å². The van der Waals surface area contributed by atoms with Gasteiger partial charge in [-0.15, -0.1) is 0 Å². The van der Waals surface area contributed by atoms with E-state index < -0.39 is 0 Å². The van der Waals surface area contributed by atoms with E-state index in [2.05, 4.69) is 20.6 Å². The number of rotatable bonds is 6. The van der Waals surface area contributed by atoms with Gasteiger partial charge in [-0.05, 0) is 19.8 Å². The van der Waals surface area contributed by atoms with Gasteiger partial charge in [-0.3, -0.25) is 4.79 Å². The number of aromatic nitrogens is 2. The van der Waals surface area contributed by atoms with Crippen LogP contribution >= 0.6 is 0 Å². The molecule has 6 heteroatoms. The second-order valence-corrected chi connectivity index (χ2v) is 5.75. The third kappa shape index (κ3) is 4.58. The highest BCUT2D eigenvalue weighted by Crippen LogP contribution is 2.24. The maximum Gasteiger partial charge on any atom is 0.223 e. The topological polar surface area (TPSA) is 70.2 Å². The number of nitrogens with zero attached hydrogens (tertiary/aromatic N) is 3. The number of aryl methyl sites for hydroxylation is 1. The summed E-state index contributed by atoms with van der Waals surface area (Å²) < 4.78 is 0. The molecule has 0 radical (unpaired) electrons. The largest absolute Gasteiger partial charge is 0.368 e. The zero-order chi connectivity index (χ0) is 15.2. The highest BCUT2D eigenvalue weighted by molar-refractivity contribution is 5.78. The molecule has 0 unspecified atom stereocenters. The van der Waals surface area contributed by atoms with Crippen molar-refractivity contribution < 1.29 is 4.79 Å². The Kier molecular flexibility index (Phi) is 5.36. The quantitative estimate of drug-likeness (QED) is 0.779. The van der Waals surface area contributed by atoms with Gasteiger partial charge in [0.25, 0.3) is 0 Å². The minimum atomic E-state index is 0.196. The summed E-state index contributed by atoms with van der Waals surface area (Å²) in [4.78, 5) is 22.5. The molecule has 1 aromatic heterocycles. The van der Waals surface area contributed by atoms with Crippen molar-refractivity contribution in [3.8, 4) is 0 Å². The lowest BCUT2D eigenvalue weighted by Gasteiger charge is -2.14. The first kappa shape index (κ1) is 15.5. The van der Waals surface area contributed by atoms with Crippen LogP contribution in [0.5, 0.6) is 0 Å². The van der Waals surface area contributed by atoms with Crippen LogP contribution in [0.25, 0.3) is 0 Å². The molecule has 1 aromatic rings. The van der Waals surface area contributed by atoms with Crippen LogP contribution in [0.2, 0.25) is 0 Å². The summed E-state index contributed by atoms with van der Waals surface area (Å²) in [6.45, 7) is 3.16. The van der Waals surface area contributed by atoms with E-state index in [-0.39, 0.29) is 11.8 Å². The Hall–Kier alpha value is -1.85. The third-order valence-electron chi connectivity index (χ3n) is 3.74. The van der Waals surface area contributed by atoms with Crippen LogP contribution in [-0.2, 0) is 4.79 Å². The number of anilines is 2. The standard InChI is InChI=1S/C15H25N5O/c1-11-18-13(10-14(19-11)20(2)3)16-8-9-17-15(21)12-6-4-5-7-12/h10,12H,4-9H2,1-3H3,(H,17,21)(H,16,18,19). The Morgan fingerprint density at radius 3 is 2.67 bits per heavy atom. The van der Waals surface area contributed by atoms with Crippen LogP contribution in [0.3, 0.4) is 0 Å². The monoisotopic (exact) mass is 291 g/mol. The molecule has 2 N–H and O–H groups in total. The fourth-order valence-electron chi connectivity index (χ4n) is 2.58.